The molecule has 0 atom stereocenters. The Morgan fingerprint density at radius 1 is 1.15 bits per heavy atom. The van der Waals surface area contributed by atoms with Crippen molar-refractivity contribution < 1.29 is 17.6 Å². The molecule has 9 nitrogen and oxygen atoms in total. The summed E-state index contributed by atoms with van der Waals surface area (Å²) in [7, 11) is -2.34. The fourth-order valence-electron chi connectivity index (χ4n) is 2.96. The van der Waals surface area contributed by atoms with Gasteiger partial charge in [0, 0.05) is 43.9 Å². The maximum Gasteiger partial charge on any atom is 0.252 e. The van der Waals surface area contributed by atoms with Crippen molar-refractivity contribution in [3.05, 3.63) is 60.3 Å². The van der Waals surface area contributed by atoms with Crippen LogP contribution in [0.2, 0.25) is 0 Å². The summed E-state index contributed by atoms with van der Waals surface area (Å²) >= 11 is 0. The maximum atomic E-state index is 13.1. The number of carbonyl (C=O) groups is 1. The summed E-state index contributed by atoms with van der Waals surface area (Å²) in [6, 6.07) is 8.09. The first-order valence-corrected chi connectivity index (χ1v) is 11.8. The summed E-state index contributed by atoms with van der Waals surface area (Å²) < 4.78 is 40.9. The highest BCUT2D eigenvalue weighted by Gasteiger charge is 2.23. The van der Waals surface area contributed by atoms with Crippen LogP contribution in [-0.4, -0.2) is 52.0 Å². The Labute approximate surface area is 192 Å². The van der Waals surface area contributed by atoms with Crippen molar-refractivity contribution in [3.63, 3.8) is 0 Å². The lowest BCUT2D eigenvalue weighted by molar-refractivity contribution is -0.116. The van der Waals surface area contributed by atoms with Crippen LogP contribution in [0.5, 0.6) is 0 Å². The number of hydrogen-bond donors (Lipinski definition) is 1. The van der Waals surface area contributed by atoms with Crippen LogP contribution in [0.25, 0.3) is 5.95 Å². The highest BCUT2D eigenvalue weighted by Crippen LogP contribution is 2.25. The first kappa shape index (κ1) is 24.5. The molecule has 0 spiro atoms. The van der Waals surface area contributed by atoms with E-state index in [1.54, 1.807) is 24.5 Å². The van der Waals surface area contributed by atoms with Crippen LogP contribution in [-0.2, 0) is 20.2 Å². The second-order valence-electron chi connectivity index (χ2n) is 8.56. The summed E-state index contributed by atoms with van der Waals surface area (Å²) in [6.45, 7) is 6.15. The Morgan fingerprint density at radius 3 is 2.39 bits per heavy atom. The third-order valence-corrected chi connectivity index (χ3v) is 6.76. The number of sulfonamides is 1. The monoisotopic (exact) mass is 474 g/mol. The van der Waals surface area contributed by atoms with Crippen molar-refractivity contribution in [2.45, 2.75) is 43.9 Å². The molecular weight excluding hydrogens is 447 g/mol. The lowest BCUT2D eigenvalue weighted by atomic mass is 9.92. The maximum absolute atomic E-state index is 13.1. The van der Waals surface area contributed by atoms with Gasteiger partial charge in [-0.2, -0.15) is 9.78 Å². The van der Waals surface area contributed by atoms with Crippen LogP contribution in [0, 0.1) is 5.82 Å². The molecule has 2 heterocycles. The minimum atomic E-state index is -3.76. The smallest absolute Gasteiger partial charge is 0.252 e. The van der Waals surface area contributed by atoms with Gasteiger partial charge in [0.25, 0.3) is 5.95 Å². The van der Waals surface area contributed by atoms with E-state index in [0.29, 0.717) is 18.2 Å². The predicted octanol–water partition coefficient (Wildman–Crippen LogP) is 3.14. The van der Waals surface area contributed by atoms with Crippen molar-refractivity contribution in [1.29, 1.82) is 0 Å². The third kappa shape index (κ3) is 5.99. The molecule has 0 aliphatic heterocycles. The summed E-state index contributed by atoms with van der Waals surface area (Å²) in [5, 5.41) is 7.37. The van der Waals surface area contributed by atoms with E-state index < -0.39 is 15.8 Å². The fraction of sp³-hybridized carbons (Fsp3) is 0.364. The number of carbonyl (C=O) groups excluding carboxylic acids is 1. The molecule has 3 aromatic rings. The number of anilines is 1. The Morgan fingerprint density at radius 2 is 1.79 bits per heavy atom. The molecular formula is C22H27FN6O3S. The molecule has 0 unspecified atom stereocenters. The van der Waals surface area contributed by atoms with Crippen LogP contribution < -0.4 is 5.32 Å². The normalized spacial score (nSPS) is 12.2. The number of halogens is 1. The summed E-state index contributed by atoms with van der Waals surface area (Å²) in [5.41, 5.74) is 0.507. The van der Waals surface area contributed by atoms with Crippen molar-refractivity contribution in [1.82, 2.24) is 24.1 Å². The molecule has 33 heavy (non-hydrogen) atoms. The SMILES string of the molecule is CN(CCCC(=O)Nc1cc(C(C)(C)C)nn1-c1ncccn1)S(=O)(=O)c1ccc(F)cc1. The lowest BCUT2D eigenvalue weighted by Gasteiger charge is -2.17. The average Bonchev–Trinajstić information content (AvgIpc) is 3.19. The number of nitrogens with one attached hydrogen (secondary N) is 1. The van der Waals surface area contributed by atoms with E-state index in [9.17, 15) is 17.6 Å². The van der Waals surface area contributed by atoms with Gasteiger partial charge in [0.1, 0.15) is 11.6 Å². The van der Waals surface area contributed by atoms with Gasteiger partial charge in [-0.15, -0.1) is 0 Å². The zero-order chi connectivity index (χ0) is 24.2. The Kier molecular flexibility index (Phi) is 7.23. The molecule has 0 aliphatic carbocycles. The van der Waals surface area contributed by atoms with Gasteiger partial charge < -0.3 is 5.32 Å². The van der Waals surface area contributed by atoms with Crippen LogP contribution in [0.3, 0.4) is 0 Å². The molecule has 176 valence electrons. The van der Waals surface area contributed by atoms with Crippen LogP contribution >= 0.6 is 0 Å². The number of aromatic nitrogens is 4. The molecule has 0 radical (unpaired) electrons. The standard InChI is InChI=1S/C22H27FN6O3S/c1-22(2,3)18-15-19(29(27-18)21-24-12-6-13-25-21)26-20(30)7-5-14-28(4)33(31,32)17-10-8-16(23)9-11-17/h6,8-13,15H,5,7,14H2,1-4H3,(H,26,30). The van der Waals surface area contributed by atoms with Gasteiger partial charge in [-0.05, 0) is 36.8 Å². The van der Waals surface area contributed by atoms with E-state index in [0.717, 1.165) is 22.1 Å². The van der Waals surface area contributed by atoms with Gasteiger partial charge in [-0.1, -0.05) is 20.8 Å². The van der Waals surface area contributed by atoms with E-state index >= 15 is 0 Å². The van der Waals surface area contributed by atoms with Crippen molar-refractivity contribution in [2.75, 3.05) is 18.9 Å². The molecule has 0 saturated carbocycles. The van der Waals surface area contributed by atoms with Crippen molar-refractivity contribution >= 4 is 21.7 Å². The summed E-state index contributed by atoms with van der Waals surface area (Å²) in [6.07, 6.45) is 3.56. The lowest BCUT2D eigenvalue weighted by Crippen LogP contribution is -2.28. The molecule has 3 rings (SSSR count). The first-order chi connectivity index (χ1) is 15.5. The summed E-state index contributed by atoms with van der Waals surface area (Å²) in [5.74, 6) is -0.0417. The molecule has 1 aromatic carbocycles. The predicted molar refractivity (Wildman–Crippen MR) is 122 cm³/mol. The molecule has 0 bridgehead atoms. The minimum Gasteiger partial charge on any atom is -0.310 e. The molecule has 11 heteroatoms. The number of hydrogen-bond acceptors (Lipinski definition) is 6. The van der Waals surface area contributed by atoms with Gasteiger partial charge in [0.2, 0.25) is 15.9 Å². The molecule has 0 saturated heterocycles. The topological polar surface area (TPSA) is 110 Å². The number of amides is 1. The van der Waals surface area contributed by atoms with E-state index in [1.165, 1.54) is 23.9 Å². The highest BCUT2D eigenvalue weighted by molar-refractivity contribution is 7.89. The first-order valence-electron chi connectivity index (χ1n) is 10.4. The van der Waals surface area contributed by atoms with Crippen molar-refractivity contribution in [3.8, 4) is 5.95 Å². The van der Waals surface area contributed by atoms with Gasteiger partial charge in [-0.3, -0.25) is 4.79 Å². The van der Waals surface area contributed by atoms with Crippen LogP contribution in [0.4, 0.5) is 10.2 Å². The largest absolute Gasteiger partial charge is 0.310 e. The van der Waals surface area contributed by atoms with Gasteiger partial charge >= 0.3 is 0 Å². The quantitative estimate of drug-likeness (QED) is 0.537. The third-order valence-electron chi connectivity index (χ3n) is 4.89. The average molecular weight is 475 g/mol. The van der Waals surface area contributed by atoms with Gasteiger partial charge in [0.05, 0.1) is 10.6 Å². The summed E-state index contributed by atoms with van der Waals surface area (Å²) in [4.78, 5) is 21.0. The zero-order valence-corrected chi connectivity index (χ0v) is 19.8. The van der Waals surface area contributed by atoms with Crippen molar-refractivity contribution in [2.24, 2.45) is 0 Å². The molecule has 1 amide bonds. The van der Waals surface area contributed by atoms with Gasteiger partial charge in [0.15, 0.2) is 0 Å². The Hall–Kier alpha value is -3.18. The van der Waals surface area contributed by atoms with Gasteiger partial charge in [-0.25, -0.2) is 27.1 Å². The number of nitrogens with zero attached hydrogens (tertiary/aromatic N) is 5. The Bertz CT molecular complexity index is 1210. The van der Waals surface area contributed by atoms with Crippen LogP contribution in [0.1, 0.15) is 39.3 Å². The molecule has 1 N–H and O–H groups in total. The fourth-order valence-corrected chi connectivity index (χ4v) is 4.17. The molecule has 2 aromatic heterocycles. The second-order valence-corrected chi connectivity index (χ2v) is 10.6. The minimum absolute atomic E-state index is 0.00248. The molecule has 0 aliphatic rings. The highest BCUT2D eigenvalue weighted by atomic mass is 32.2. The van der Waals surface area contributed by atoms with E-state index in [2.05, 4.69) is 20.4 Å². The number of benzene rings is 1. The Balaban J connectivity index is 1.65. The molecule has 0 fully saturated rings. The van der Waals surface area contributed by atoms with E-state index in [-0.39, 0.29) is 29.2 Å². The zero-order valence-electron chi connectivity index (χ0n) is 19.0. The second kappa shape index (κ2) is 9.75. The van der Waals surface area contributed by atoms with Crippen LogP contribution in [0.15, 0.2) is 53.7 Å². The van der Waals surface area contributed by atoms with E-state index in [1.807, 2.05) is 20.8 Å². The van der Waals surface area contributed by atoms with E-state index in [4.69, 9.17) is 0 Å². The number of rotatable bonds is 8.